The van der Waals surface area contributed by atoms with Crippen LogP contribution in [0.25, 0.3) is 0 Å². The molecule has 0 rings (SSSR count). The van der Waals surface area contributed by atoms with Crippen molar-refractivity contribution in [3.8, 4) is 0 Å². The molecule has 1 unspecified atom stereocenters. The van der Waals surface area contributed by atoms with E-state index in [1.807, 2.05) is 0 Å². The van der Waals surface area contributed by atoms with Gasteiger partial charge < -0.3 is 35.4 Å². The molecule has 6 N–H and O–H groups in total. The zero-order valence-corrected chi connectivity index (χ0v) is 9.80. The van der Waals surface area contributed by atoms with Crippen molar-refractivity contribution in [2.24, 2.45) is 0 Å². The summed E-state index contributed by atoms with van der Waals surface area (Å²) in [5.74, 6) is -0.994. The largest absolute Gasteiger partial charge is 0.430 e. The van der Waals surface area contributed by atoms with Crippen LogP contribution in [-0.4, -0.2) is 73.9 Å². The van der Waals surface area contributed by atoms with Crippen molar-refractivity contribution in [1.29, 1.82) is 0 Å². The maximum absolute atomic E-state index is 11.0. The van der Waals surface area contributed by atoms with Gasteiger partial charge in [-0.3, -0.25) is 0 Å². The normalized spacial score (nSPS) is 19.5. The molecule has 8 heteroatoms. The molecule has 5 atom stereocenters. The molecule has 0 aliphatic heterocycles. The molecule has 0 aromatic rings. The van der Waals surface area contributed by atoms with Crippen molar-refractivity contribution in [2.45, 2.75) is 37.6 Å². The number of rotatable bonds is 7. The number of aliphatic hydroxyl groups is 6. The van der Waals surface area contributed by atoms with E-state index in [9.17, 15) is 25.2 Å². The predicted octanol–water partition coefficient (Wildman–Crippen LogP) is -3.14. The zero-order valence-electron chi connectivity index (χ0n) is 9.80. The highest BCUT2D eigenvalue weighted by molar-refractivity contribution is 5.87. The maximum atomic E-state index is 11.0. The number of aliphatic hydroxyl groups excluding tert-OH is 6. The van der Waals surface area contributed by atoms with E-state index < -0.39 is 43.3 Å². The standard InChI is InChI=1S/C10H18O8/c1-4(2)9(16)18-10(17)8(15)7(14)6(13)5(12)3-11/h5-8,10-15,17H,1,3H2,2H3/t5-,6-,7-,8-,10?/m1/s1. The molecule has 0 fully saturated rings. The Morgan fingerprint density at radius 3 is 2.00 bits per heavy atom. The minimum atomic E-state index is -2.11. The number of hydrogen-bond donors (Lipinski definition) is 6. The first-order valence-corrected chi connectivity index (χ1v) is 5.10. The van der Waals surface area contributed by atoms with Crippen LogP contribution in [0.1, 0.15) is 6.92 Å². The van der Waals surface area contributed by atoms with Crippen LogP contribution in [0.5, 0.6) is 0 Å². The van der Waals surface area contributed by atoms with Crippen molar-refractivity contribution >= 4 is 5.97 Å². The second-order valence-corrected chi connectivity index (χ2v) is 3.80. The molecule has 8 nitrogen and oxygen atoms in total. The van der Waals surface area contributed by atoms with Crippen LogP contribution in [0.3, 0.4) is 0 Å². The van der Waals surface area contributed by atoms with E-state index in [1.165, 1.54) is 6.92 Å². The van der Waals surface area contributed by atoms with E-state index >= 15 is 0 Å². The molecule has 106 valence electrons. The molecule has 0 aromatic carbocycles. The number of carbonyl (C=O) groups excluding carboxylic acids is 1. The van der Waals surface area contributed by atoms with Crippen LogP contribution in [0, 0.1) is 0 Å². The SMILES string of the molecule is C=C(C)C(=O)OC(O)[C@H](O)[C@H](O)[C@H](O)[C@H](O)CO. The van der Waals surface area contributed by atoms with Gasteiger partial charge in [0.05, 0.1) is 6.61 Å². The molecule has 0 saturated carbocycles. The Kier molecular flexibility index (Phi) is 6.99. The van der Waals surface area contributed by atoms with Gasteiger partial charge in [0.25, 0.3) is 0 Å². The smallest absolute Gasteiger partial charge is 0.335 e. The summed E-state index contributed by atoms with van der Waals surface area (Å²) < 4.78 is 4.31. The Balaban J connectivity index is 4.49. The lowest BCUT2D eigenvalue weighted by atomic mass is 10.0. The molecular formula is C10H18O8. The molecular weight excluding hydrogens is 248 g/mol. The zero-order chi connectivity index (χ0) is 14.5. The Labute approximate surface area is 103 Å². The average Bonchev–Trinajstić information content (AvgIpc) is 2.34. The maximum Gasteiger partial charge on any atom is 0.335 e. The molecule has 0 aliphatic carbocycles. The van der Waals surface area contributed by atoms with E-state index in [0.29, 0.717) is 0 Å². The van der Waals surface area contributed by atoms with Gasteiger partial charge in [0.2, 0.25) is 6.29 Å². The van der Waals surface area contributed by atoms with E-state index in [4.69, 9.17) is 10.2 Å². The van der Waals surface area contributed by atoms with Crippen LogP contribution < -0.4 is 0 Å². The molecule has 0 aromatic heterocycles. The Morgan fingerprint density at radius 1 is 1.11 bits per heavy atom. The van der Waals surface area contributed by atoms with Gasteiger partial charge in [-0.05, 0) is 6.92 Å². The van der Waals surface area contributed by atoms with Gasteiger partial charge in [0.15, 0.2) is 0 Å². The van der Waals surface area contributed by atoms with Gasteiger partial charge in [0.1, 0.15) is 24.4 Å². The minimum absolute atomic E-state index is 0.0355. The summed E-state index contributed by atoms with van der Waals surface area (Å²) in [6.07, 6.45) is -9.80. The van der Waals surface area contributed by atoms with Gasteiger partial charge in [-0.15, -0.1) is 0 Å². The third-order valence-electron chi connectivity index (χ3n) is 2.15. The summed E-state index contributed by atoms with van der Waals surface area (Å²) in [4.78, 5) is 11.0. The summed E-state index contributed by atoms with van der Waals surface area (Å²) in [6.45, 7) is 3.69. The molecule has 0 saturated heterocycles. The van der Waals surface area contributed by atoms with Gasteiger partial charge in [-0.2, -0.15) is 0 Å². The quantitative estimate of drug-likeness (QED) is 0.161. The molecule has 0 amide bonds. The number of esters is 1. The summed E-state index contributed by atoms with van der Waals surface area (Å²) in [5.41, 5.74) is -0.0355. The predicted molar refractivity (Wildman–Crippen MR) is 58.0 cm³/mol. The minimum Gasteiger partial charge on any atom is -0.430 e. The summed E-state index contributed by atoms with van der Waals surface area (Å²) >= 11 is 0. The molecule has 0 spiro atoms. The fourth-order valence-corrected chi connectivity index (χ4v) is 0.986. The summed E-state index contributed by atoms with van der Waals surface area (Å²) in [6, 6.07) is 0. The van der Waals surface area contributed by atoms with Crippen LogP contribution in [0.2, 0.25) is 0 Å². The van der Waals surface area contributed by atoms with Crippen molar-refractivity contribution in [2.75, 3.05) is 6.61 Å². The highest BCUT2D eigenvalue weighted by atomic mass is 16.6. The second kappa shape index (κ2) is 7.41. The van der Waals surface area contributed by atoms with E-state index in [0.717, 1.165) is 0 Å². The monoisotopic (exact) mass is 266 g/mol. The van der Waals surface area contributed by atoms with Crippen molar-refractivity contribution < 1.29 is 40.2 Å². The summed E-state index contributed by atoms with van der Waals surface area (Å²) in [5, 5.41) is 54.8. The van der Waals surface area contributed by atoms with E-state index in [2.05, 4.69) is 11.3 Å². The molecule has 0 aliphatic rings. The topological polar surface area (TPSA) is 148 Å². The lowest BCUT2D eigenvalue weighted by molar-refractivity contribution is -0.211. The van der Waals surface area contributed by atoms with E-state index in [-0.39, 0.29) is 5.57 Å². The second-order valence-electron chi connectivity index (χ2n) is 3.80. The molecule has 18 heavy (non-hydrogen) atoms. The fraction of sp³-hybridized carbons (Fsp3) is 0.700. The van der Waals surface area contributed by atoms with Crippen LogP contribution in [-0.2, 0) is 9.53 Å². The summed E-state index contributed by atoms with van der Waals surface area (Å²) in [7, 11) is 0. The van der Waals surface area contributed by atoms with Gasteiger partial charge >= 0.3 is 5.97 Å². The van der Waals surface area contributed by atoms with E-state index in [1.54, 1.807) is 0 Å². The van der Waals surface area contributed by atoms with Gasteiger partial charge in [-0.25, -0.2) is 4.79 Å². The molecule has 0 heterocycles. The van der Waals surface area contributed by atoms with Gasteiger partial charge in [0, 0.05) is 5.57 Å². The van der Waals surface area contributed by atoms with Crippen molar-refractivity contribution in [1.82, 2.24) is 0 Å². The van der Waals surface area contributed by atoms with Crippen LogP contribution >= 0.6 is 0 Å². The van der Waals surface area contributed by atoms with Crippen LogP contribution in [0.4, 0.5) is 0 Å². The Bertz CT molecular complexity index is 292. The van der Waals surface area contributed by atoms with Crippen molar-refractivity contribution in [3.63, 3.8) is 0 Å². The van der Waals surface area contributed by atoms with Crippen molar-refractivity contribution in [3.05, 3.63) is 12.2 Å². The first-order valence-electron chi connectivity index (χ1n) is 5.10. The highest BCUT2D eigenvalue weighted by Crippen LogP contribution is 2.10. The lowest BCUT2D eigenvalue weighted by Gasteiger charge is -2.28. The first-order chi connectivity index (χ1) is 8.22. The third-order valence-corrected chi connectivity index (χ3v) is 2.15. The van der Waals surface area contributed by atoms with Gasteiger partial charge in [-0.1, -0.05) is 6.58 Å². The molecule has 0 radical (unpaired) electrons. The fourth-order valence-electron chi connectivity index (χ4n) is 0.986. The first kappa shape index (κ1) is 17.0. The molecule has 0 bridgehead atoms. The number of ether oxygens (including phenoxy) is 1. The lowest BCUT2D eigenvalue weighted by Crippen LogP contribution is -2.50. The van der Waals surface area contributed by atoms with Crippen LogP contribution in [0.15, 0.2) is 12.2 Å². The third kappa shape index (κ3) is 4.69. The highest BCUT2D eigenvalue weighted by Gasteiger charge is 2.35. The Morgan fingerprint density at radius 2 is 1.61 bits per heavy atom. The number of carbonyl (C=O) groups is 1. The average molecular weight is 266 g/mol. The Hall–Kier alpha value is -1.03. The number of hydrogen-bond acceptors (Lipinski definition) is 8.